The van der Waals surface area contributed by atoms with Crippen molar-refractivity contribution in [2.24, 2.45) is 5.92 Å². The van der Waals surface area contributed by atoms with E-state index in [-0.39, 0.29) is 56.0 Å². The molecule has 0 saturated carbocycles. The van der Waals surface area contributed by atoms with E-state index in [0.717, 1.165) is 35.2 Å². The monoisotopic (exact) mass is 680 g/mol. The van der Waals surface area contributed by atoms with Crippen molar-refractivity contribution >= 4 is 21.8 Å². The molecule has 2 aromatic carbocycles. The van der Waals surface area contributed by atoms with Gasteiger partial charge in [0.15, 0.2) is 17.3 Å². The molecule has 0 amide bonds. The summed E-state index contributed by atoms with van der Waals surface area (Å²) in [5, 5.41) is 17.1. The molecule has 4 aromatic rings. The van der Waals surface area contributed by atoms with Gasteiger partial charge in [0.1, 0.15) is 24.6 Å². The van der Waals surface area contributed by atoms with Crippen LogP contribution in [0.4, 0.5) is 5.82 Å². The van der Waals surface area contributed by atoms with E-state index in [1.807, 2.05) is 18.2 Å². The number of benzene rings is 2. The van der Waals surface area contributed by atoms with Crippen LogP contribution in [0.5, 0.6) is 5.75 Å². The van der Waals surface area contributed by atoms with Gasteiger partial charge in [-0.25, -0.2) is 18.4 Å². The van der Waals surface area contributed by atoms with E-state index in [1.165, 1.54) is 18.3 Å². The number of rotatable bonds is 6. The van der Waals surface area contributed by atoms with E-state index in [2.05, 4.69) is 20.4 Å². The van der Waals surface area contributed by atoms with Crippen molar-refractivity contribution in [2.45, 2.75) is 11.4 Å². The summed E-state index contributed by atoms with van der Waals surface area (Å²) in [6.45, 7) is 3.01. The molecule has 0 unspecified atom stereocenters. The number of fused-ring (bicyclic) bond motifs is 12. The van der Waals surface area contributed by atoms with Crippen LogP contribution in [-0.4, -0.2) is 105 Å². The molecular formula is C32H36N6O9S. The minimum Gasteiger partial charge on any atom is -0.491 e. The van der Waals surface area contributed by atoms with Gasteiger partial charge in [0.25, 0.3) is 0 Å². The average Bonchev–Trinajstić information content (AvgIpc) is 3.55. The number of nitrogen functional groups attached to an aromatic ring is 1. The zero-order chi connectivity index (χ0) is 33.5. The largest absolute Gasteiger partial charge is 0.491 e. The smallest absolute Gasteiger partial charge is 0.318 e. The molecule has 8 bridgehead atoms. The van der Waals surface area contributed by atoms with E-state index in [0.29, 0.717) is 40.9 Å². The summed E-state index contributed by atoms with van der Waals surface area (Å²) >= 11 is 0. The van der Waals surface area contributed by atoms with Gasteiger partial charge in [-0.1, -0.05) is 29.4 Å². The van der Waals surface area contributed by atoms with Crippen molar-refractivity contribution in [1.29, 1.82) is 0 Å². The third-order valence-corrected chi connectivity index (χ3v) is 9.66. The van der Waals surface area contributed by atoms with Gasteiger partial charge in [-0.3, -0.25) is 4.79 Å². The molecule has 0 atom stereocenters. The number of nitrogens with zero attached hydrogens (tertiary/aromatic N) is 4. The fraction of sp³-hybridized carbons (Fsp3) is 0.375. The molecule has 1 fully saturated rings. The summed E-state index contributed by atoms with van der Waals surface area (Å²) < 4.78 is 55.9. The Kier molecular flexibility index (Phi) is 10.6. The van der Waals surface area contributed by atoms with Crippen LogP contribution in [0.3, 0.4) is 0 Å². The number of ether oxygens (including phenoxy) is 4. The predicted octanol–water partition coefficient (Wildman–Crippen LogP) is 2.28. The first-order valence-corrected chi connectivity index (χ1v) is 16.8. The van der Waals surface area contributed by atoms with Crippen LogP contribution >= 0.6 is 0 Å². The molecule has 15 nitrogen and oxygen atoms in total. The minimum absolute atomic E-state index is 0.0216. The normalized spacial score (nSPS) is 17.6. The van der Waals surface area contributed by atoms with Crippen molar-refractivity contribution in [3.8, 4) is 39.7 Å². The molecule has 16 heteroatoms. The molecule has 2 aromatic heterocycles. The molecule has 0 spiro atoms. The summed E-state index contributed by atoms with van der Waals surface area (Å²) in [5.74, 6) is 0.286. The van der Waals surface area contributed by atoms with Gasteiger partial charge in [0, 0.05) is 48.3 Å². The van der Waals surface area contributed by atoms with Crippen LogP contribution in [-0.2, 0) is 35.6 Å². The Morgan fingerprint density at radius 3 is 2.46 bits per heavy atom. The maximum atomic E-state index is 13.4. The first kappa shape index (κ1) is 33.5. The Labute approximate surface area is 277 Å². The fourth-order valence-electron chi connectivity index (χ4n) is 5.13. The Balaban J connectivity index is 1.30. The van der Waals surface area contributed by atoms with Gasteiger partial charge in [0.05, 0.1) is 56.4 Å². The fourth-order valence-corrected chi connectivity index (χ4v) is 6.50. The van der Waals surface area contributed by atoms with Gasteiger partial charge >= 0.3 is 5.97 Å². The number of sulfonamides is 1. The summed E-state index contributed by atoms with van der Waals surface area (Å²) in [7, 11) is -4.15. The van der Waals surface area contributed by atoms with Crippen LogP contribution in [0.1, 0.15) is 5.56 Å². The quantitative estimate of drug-likeness (QED) is 0.250. The second-order valence-electron chi connectivity index (χ2n) is 11.3. The van der Waals surface area contributed by atoms with Gasteiger partial charge < -0.3 is 39.6 Å². The highest BCUT2D eigenvalue weighted by Gasteiger charge is 2.27. The number of aromatic nitrogens is 3. The number of nitrogens with one attached hydrogen (secondary N) is 1. The van der Waals surface area contributed by atoms with Gasteiger partial charge in [-0.15, -0.1) is 0 Å². The van der Waals surface area contributed by atoms with Crippen molar-refractivity contribution in [1.82, 2.24) is 24.7 Å². The van der Waals surface area contributed by atoms with Crippen LogP contribution in [0.25, 0.3) is 34.0 Å². The predicted molar refractivity (Wildman–Crippen MR) is 172 cm³/mol. The van der Waals surface area contributed by atoms with Crippen LogP contribution in [0.15, 0.2) is 64.1 Å². The van der Waals surface area contributed by atoms with E-state index >= 15 is 0 Å². The zero-order valence-electron chi connectivity index (χ0n) is 26.0. The van der Waals surface area contributed by atoms with Gasteiger partial charge in [-0.2, -0.15) is 4.31 Å². The second kappa shape index (κ2) is 15.2. The number of carboxylic acid groups (broad SMARTS) is 1. The standard InChI is InChI=1S/C32H36N6O9S/c33-32-31-29-14-26(37-47-29)23-1-2-24(16-34-15-21-19-45-20-21)28(13-23)46-12-11-44-10-9-43-8-7-38(18-30(39)40)48(41,42)25-5-3-22(4-6-25)27(36-31)17-35-32/h1-6,13-14,17,21,34H,7-12,15-16,18-20H2,(H2,33,35)(H,39,40). The highest BCUT2D eigenvalue weighted by molar-refractivity contribution is 7.89. The van der Waals surface area contributed by atoms with Crippen molar-refractivity contribution in [3.05, 3.63) is 60.3 Å². The van der Waals surface area contributed by atoms with Crippen molar-refractivity contribution < 1.29 is 41.8 Å². The maximum absolute atomic E-state index is 13.4. The molecule has 48 heavy (non-hydrogen) atoms. The molecule has 0 radical (unpaired) electrons. The topological polar surface area (TPSA) is 201 Å². The molecule has 4 N–H and O–H groups in total. The average molecular weight is 681 g/mol. The Morgan fingerprint density at radius 2 is 1.71 bits per heavy atom. The van der Waals surface area contributed by atoms with Crippen LogP contribution in [0, 0.1) is 5.92 Å². The highest BCUT2D eigenvalue weighted by atomic mass is 32.2. The van der Waals surface area contributed by atoms with E-state index in [1.54, 1.807) is 18.2 Å². The third-order valence-electron chi connectivity index (χ3n) is 7.80. The summed E-state index contributed by atoms with van der Waals surface area (Å²) in [5.41, 5.74) is 9.68. The van der Waals surface area contributed by atoms with Gasteiger partial charge in [-0.05, 0) is 18.2 Å². The molecule has 3 aliphatic rings. The first-order valence-electron chi connectivity index (χ1n) is 15.4. The lowest BCUT2D eigenvalue weighted by atomic mass is 10.1. The maximum Gasteiger partial charge on any atom is 0.318 e. The Bertz CT molecular complexity index is 1830. The number of anilines is 1. The Morgan fingerprint density at radius 1 is 0.958 bits per heavy atom. The SMILES string of the molecule is Nc1ncc2nc1-c1cc(no1)-c1ccc(CNCC3COC3)c(c1)OCCOCCOCCN(CC(=O)O)S(=O)(=O)c1ccc-2cc1. The molecule has 5 heterocycles. The third kappa shape index (κ3) is 7.98. The number of nitrogens with two attached hydrogens (primary N) is 1. The van der Waals surface area contributed by atoms with E-state index in [9.17, 15) is 18.3 Å². The Hall–Kier alpha value is -4.45. The number of carboxylic acids is 1. The minimum atomic E-state index is -4.15. The number of carbonyl (C=O) groups is 1. The molecule has 7 rings (SSSR count). The zero-order valence-corrected chi connectivity index (χ0v) is 26.9. The lowest BCUT2D eigenvalue weighted by molar-refractivity contribution is -0.137. The lowest BCUT2D eigenvalue weighted by Gasteiger charge is -2.26. The van der Waals surface area contributed by atoms with Crippen molar-refractivity contribution in [2.75, 3.05) is 71.6 Å². The first-order chi connectivity index (χ1) is 23.3. The number of hydrogen-bond acceptors (Lipinski definition) is 13. The van der Waals surface area contributed by atoms with Crippen LogP contribution < -0.4 is 15.8 Å². The number of aliphatic carboxylic acids is 1. The molecule has 3 aliphatic heterocycles. The lowest BCUT2D eigenvalue weighted by Crippen LogP contribution is -2.38. The summed E-state index contributed by atoms with van der Waals surface area (Å²) in [6.07, 6.45) is 1.47. The van der Waals surface area contributed by atoms with Crippen LogP contribution in [0.2, 0.25) is 0 Å². The molecule has 254 valence electrons. The summed E-state index contributed by atoms with van der Waals surface area (Å²) in [6, 6.07) is 13.4. The van der Waals surface area contributed by atoms with Gasteiger partial charge in [0.2, 0.25) is 10.0 Å². The number of hydrogen-bond donors (Lipinski definition) is 3. The molecular weight excluding hydrogens is 644 g/mol. The van der Waals surface area contributed by atoms with E-state index < -0.39 is 22.5 Å². The molecule has 1 saturated heterocycles. The highest BCUT2D eigenvalue weighted by Crippen LogP contribution is 2.32. The van der Waals surface area contributed by atoms with E-state index in [4.69, 9.17) is 29.2 Å². The summed E-state index contributed by atoms with van der Waals surface area (Å²) in [4.78, 5) is 20.4. The molecule has 0 aliphatic carbocycles. The van der Waals surface area contributed by atoms with Crippen molar-refractivity contribution in [3.63, 3.8) is 0 Å². The second-order valence-corrected chi connectivity index (χ2v) is 13.2.